The van der Waals surface area contributed by atoms with Gasteiger partial charge < -0.3 is 19.6 Å². The van der Waals surface area contributed by atoms with Crippen LogP contribution in [0.5, 0.6) is 0 Å². The molecule has 0 atom stereocenters. The van der Waals surface area contributed by atoms with E-state index in [9.17, 15) is 14.7 Å². The van der Waals surface area contributed by atoms with E-state index in [1.165, 1.54) is 38.5 Å². The summed E-state index contributed by atoms with van der Waals surface area (Å²) in [5.74, 6) is 2.80. The molecule has 0 aromatic rings. The molecule has 7 nitrogen and oxygen atoms in total. The van der Waals surface area contributed by atoms with Crippen molar-refractivity contribution in [1.29, 1.82) is 0 Å². The molecule has 1 heterocycles. The van der Waals surface area contributed by atoms with Gasteiger partial charge in [-0.1, -0.05) is 0 Å². The summed E-state index contributed by atoms with van der Waals surface area (Å²) in [5, 5.41) is 11.7. The lowest BCUT2D eigenvalue weighted by Crippen LogP contribution is -2.51. The molecule has 2 amide bonds. The van der Waals surface area contributed by atoms with Crippen molar-refractivity contribution in [2.24, 2.45) is 28.2 Å². The van der Waals surface area contributed by atoms with Crippen LogP contribution in [0.3, 0.4) is 0 Å². The molecular weight excluding hydrogens is 414 g/mol. The van der Waals surface area contributed by atoms with Crippen molar-refractivity contribution in [1.82, 2.24) is 9.80 Å². The second kappa shape index (κ2) is 9.59. The van der Waals surface area contributed by atoms with E-state index < -0.39 is 0 Å². The smallest absolute Gasteiger partial charge is 0.409 e. The third kappa shape index (κ3) is 5.68. The zero-order valence-corrected chi connectivity index (χ0v) is 19.8. The molecule has 0 N–H and O–H groups in total. The molecule has 4 bridgehead atoms. The number of nitrogens with zero attached hydrogens (tertiary/aromatic N) is 3. The number of carbonyl (C=O) groups is 2. The summed E-state index contributed by atoms with van der Waals surface area (Å²) < 4.78 is 5.65. The van der Waals surface area contributed by atoms with Gasteiger partial charge in [0.1, 0.15) is 12.3 Å². The van der Waals surface area contributed by atoms with E-state index in [1.807, 2.05) is 12.5 Å². The van der Waals surface area contributed by atoms with E-state index in [0.29, 0.717) is 44.0 Å². The quantitative estimate of drug-likeness (QED) is 0.334. The summed E-state index contributed by atoms with van der Waals surface area (Å²) in [6.45, 7) is 2.32. The zero-order valence-electron chi connectivity index (χ0n) is 19.0. The summed E-state index contributed by atoms with van der Waals surface area (Å²) in [6.07, 6.45) is 13.0. The van der Waals surface area contributed by atoms with Gasteiger partial charge in [-0.3, -0.25) is 9.79 Å². The van der Waals surface area contributed by atoms with Crippen LogP contribution in [0, 0.1) is 23.2 Å². The fourth-order valence-electron chi connectivity index (χ4n) is 6.73. The Kier molecular flexibility index (Phi) is 7.04. The molecule has 1 aliphatic heterocycles. The maximum Gasteiger partial charge on any atom is 0.409 e. The number of hydrogen-bond donors (Lipinski definition) is 0. The molecule has 5 fully saturated rings. The van der Waals surface area contributed by atoms with Gasteiger partial charge in [0, 0.05) is 32.1 Å². The summed E-state index contributed by atoms with van der Waals surface area (Å²) in [6, 6.07) is 0. The Morgan fingerprint density at radius 3 is 2.10 bits per heavy atom. The van der Waals surface area contributed by atoms with Gasteiger partial charge in [-0.15, -0.1) is 0 Å². The van der Waals surface area contributed by atoms with E-state index in [2.05, 4.69) is 4.99 Å². The van der Waals surface area contributed by atoms with Crippen LogP contribution in [-0.4, -0.2) is 85.3 Å². The maximum absolute atomic E-state index is 12.5. The van der Waals surface area contributed by atoms with E-state index >= 15 is 0 Å². The molecule has 1 saturated heterocycles. The van der Waals surface area contributed by atoms with E-state index in [0.717, 1.165) is 24.2 Å². The first kappa shape index (κ1) is 22.7. The van der Waals surface area contributed by atoms with Crippen LogP contribution in [0.4, 0.5) is 4.79 Å². The van der Waals surface area contributed by atoms with Crippen molar-refractivity contribution >= 4 is 28.8 Å². The average molecular weight is 452 g/mol. The van der Waals surface area contributed by atoms with Gasteiger partial charge in [0.15, 0.2) is 0 Å². The highest BCUT2D eigenvalue weighted by molar-refractivity contribution is 7.96. The van der Waals surface area contributed by atoms with Gasteiger partial charge in [0.2, 0.25) is 5.91 Å². The fraction of sp³-hybridized carbons (Fsp3) is 0.870. The first-order chi connectivity index (χ1) is 14.8. The summed E-state index contributed by atoms with van der Waals surface area (Å²) >= 11 is 0. The van der Waals surface area contributed by atoms with Gasteiger partial charge in [0.05, 0.1) is 19.1 Å². The molecule has 0 aromatic heterocycles. The summed E-state index contributed by atoms with van der Waals surface area (Å²) in [7, 11) is -0.00806. The Labute approximate surface area is 188 Å². The number of piperazine rings is 1. The van der Waals surface area contributed by atoms with Crippen molar-refractivity contribution in [3.05, 3.63) is 0 Å². The number of amides is 2. The number of ether oxygens (including phenoxy) is 1. The van der Waals surface area contributed by atoms with Gasteiger partial charge in [-0.2, -0.15) is 0 Å². The SMILES string of the molecule is C[S+](C)CC([O-])=NCC(=O)N1CCN(C(=O)OCCC23CC4CC(CC(C4)C2)C3)CC1. The first-order valence-corrected chi connectivity index (χ1v) is 14.0. The van der Waals surface area contributed by atoms with Gasteiger partial charge in [-0.05, 0) is 79.0 Å². The van der Waals surface area contributed by atoms with Crippen LogP contribution in [0.25, 0.3) is 0 Å². The van der Waals surface area contributed by atoms with Gasteiger partial charge in [0.25, 0.3) is 0 Å². The lowest BCUT2D eigenvalue weighted by molar-refractivity contribution is -0.215. The number of hydrogen-bond acceptors (Lipinski definition) is 5. The second-order valence-electron chi connectivity index (χ2n) is 10.5. The van der Waals surface area contributed by atoms with E-state index in [-0.39, 0.29) is 35.3 Å². The minimum atomic E-state index is -0.255. The van der Waals surface area contributed by atoms with Crippen LogP contribution in [-0.2, 0) is 20.4 Å². The molecule has 4 aliphatic carbocycles. The molecule has 5 aliphatic rings. The topological polar surface area (TPSA) is 85.3 Å². The van der Waals surface area contributed by atoms with Crippen LogP contribution in [0.2, 0.25) is 0 Å². The van der Waals surface area contributed by atoms with Crippen molar-refractivity contribution in [3.63, 3.8) is 0 Å². The summed E-state index contributed by atoms with van der Waals surface area (Å²) in [5.41, 5.74) is 0.428. The Morgan fingerprint density at radius 2 is 1.55 bits per heavy atom. The Balaban J connectivity index is 1.16. The Bertz CT molecular complexity index is 668. The third-order valence-electron chi connectivity index (χ3n) is 7.72. The van der Waals surface area contributed by atoms with E-state index in [1.54, 1.807) is 9.80 Å². The second-order valence-corrected chi connectivity index (χ2v) is 12.7. The maximum atomic E-state index is 12.5. The lowest BCUT2D eigenvalue weighted by Gasteiger charge is -2.57. The Hall–Kier alpha value is -1.44. The highest BCUT2D eigenvalue weighted by atomic mass is 32.2. The molecule has 0 unspecified atom stereocenters. The van der Waals surface area contributed by atoms with Gasteiger partial charge >= 0.3 is 6.09 Å². The van der Waals surface area contributed by atoms with Crippen LogP contribution < -0.4 is 5.11 Å². The zero-order chi connectivity index (χ0) is 22.0. The molecule has 5 rings (SSSR count). The highest BCUT2D eigenvalue weighted by Crippen LogP contribution is 2.61. The van der Waals surface area contributed by atoms with Crippen molar-refractivity contribution in [3.8, 4) is 0 Å². The lowest BCUT2D eigenvalue weighted by atomic mass is 9.49. The molecule has 0 aromatic carbocycles. The predicted molar refractivity (Wildman–Crippen MR) is 121 cm³/mol. The molecule has 8 heteroatoms. The van der Waals surface area contributed by atoms with Crippen LogP contribution in [0.15, 0.2) is 4.99 Å². The number of aliphatic imine (C=N–C) groups is 1. The van der Waals surface area contributed by atoms with Crippen molar-refractivity contribution in [2.75, 3.05) is 57.6 Å². The normalized spacial score (nSPS) is 32.6. The molecule has 0 spiro atoms. The van der Waals surface area contributed by atoms with Crippen LogP contribution >= 0.6 is 0 Å². The van der Waals surface area contributed by atoms with Gasteiger partial charge in [-0.25, -0.2) is 4.79 Å². The molecule has 174 valence electrons. The fourth-order valence-corrected chi connectivity index (χ4v) is 7.31. The monoisotopic (exact) mass is 451 g/mol. The molecule has 31 heavy (non-hydrogen) atoms. The molecule has 0 radical (unpaired) electrons. The third-order valence-corrected chi connectivity index (χ3v) is 8.54. The van der Waals surface area contributed by atoms with Crippen LogP contribution in [0.1, 0.15) is 44.9 Å². The van der Waals surface area contributed by atoms with E-state index in [4.69, 9.17) is 4.74 Å². The average Bonchev–Trinajstić information content (AvgIpc) is 2.70. The van der Waals surface area contributed by atoms with Crippen molar-refractivity contribution < 1.29 is 19.4 Å². The Morgan fingerprint density at radius 1 is 1.00 bits per heavy atom. The van der Waals surface area contributed by atoms with Crippen molar-refractivity contribution in [2.45, 2.75) is 44.9 Å². The predicted octanol–water partition coefficient (Wildman–Crippen LogP) is 1.51. The highest BCUT2D eigenvalue weighted by Gasteiger charge is 2.50. The largest absolute Gasteiger partial charge is 0.859 e. The molecule has 4 saturated carbocycles. The minimum absolute atomic E-state index is 0.00806. The minimum Gasteiger partial charge on any atom is -0.859 e. The number of rotatable bonds is 7. The number of carbonyl (C=O) groups excluding carboxylic acids is 2. The summed E-state index contributed by atoms with van der Waals surface area (Å²) in [4.78, 5) is 32.1. The first-order valence-electron chi connectivity index (χ1n) is 11.8. The standard InChI is InChI=1S/C23H37N3O4S/c1-31(2)16-20(27)24-15-21(28)25-4-6-26(7-5-25)22(29)30-8-3-23-12-17-9-18(13-23)11-19(10-17)14-23/h17-19H,3-16H2,1-2H3. The molecular formula is C23H37N3O4S.